The Morgan fingerprint density at radius 3 is 2.39 bits per heavy atom. The monoisotopic (exact) mass is 427 g/mol. The van der Waals surface area contributed by atoms with Crippen molar-refractivity contribution < 1.29 is 14.3 Å². The van der Waals surface area contributed by atoms with Crippen LogP contribution in [0.4, 0.5) is 5.69 Å². The first kappa shape index (κ1) is 21.4. The third-order valence-electron chi connectivity index (χ3n) is 5.39. The number of amides is 2. The van der Waals surface area contributed by atoms with Crippen molar-refractivity contribution in [2.75, 3.05) is 44.7 Å². The third kappa shape index (κ3) is 5.38. The summed E-state index contributed by atoms with van der Waals surface area (Å²) in [5, 5.41) is 3.87. The Morgan fingerprint density at radius 2 is 1.79 bits per heavy atom. The lowest BCUT2D eigenvalue weighted by Crippen LogP contribution is -2.58. The van der Waals surface area contributed by atoms with Gasteiger partial charge in [-0.15, -0.1) is 0 Å². The Hall–Kier alpha value is -1.34. The number of rotatable bonds is 4. The fourth-order valence-corrected chi connectivity index (χ4v) is 4.35. The summed E-state index contributed by atoms with van der Waals surface area (Å²) in [6, 6.07) is 5.00. The van der Waals surface area contributed by atoms with Crippen molar-refractivity contribution in [2.24, 2.45) is 5.92 Å². The summed E-state index contributed by atoms with van der Waals surface area (Å²) in [5.41, 5.74) is 0.334. The maximum atomic E-state index is 12.7. The Bertz CT molecular complexity index is 713. The molecule has 0 atom stereocenters. The van der Waals surface area contributed by atoms with Crippen molar-refractivity contribution in [2.45, 2.75) is 32.2 Å². The number of carbonyl (C=O) groups is 2. The molecule has 2 fully saturated rings. The number of hydrogen-bond donors (Lipinski definition) is 1. The summed E-state index contributed by atoms with van der Waals surface area (Å²) >= 11 is 12.0. The van der Waals surface area contributed by atoms with E-state index in [0.717, 1.165) is 25.9 Å². The van der Waals surface area contributed by atoms with Gasteiger partial charge in [-0.1, -0.05) is 23.2 Å². The number of anilines is 1. The van der Waals surface area contributed by atoms with Gasteiger partial charge in [0.25, 0.3) is 0 Å². The molecule has 1 aromatic carbocycles. The van der Waals surface area contributed by atoms with Crippen LogP contribution in [-0.4, -0.2) is 66.5 Å². The zero-order chi connectivity index (χ0) is 20.3. The summed E-state index contributed by atoms with van der Waals surface area (Å²) < 4.78 is 5.49. The molecule has 0 saturated carbocycles. The minimum atomic E-state index is -0.272. The Kier molecular flexibility index (Phi) is 6.86. The van der Waals surface area contributed by atoms with Crippen molar-refractivity contribution in [1.29, 1.82) is 0 Å². The van der Waals surface area contributed by atoms with Crippen molar-refractivity contribution >= 4 is 40.7 Å². The molecule has 0 aromatic heterocycles. The van der Waals surface area contributed by atoms with E-state index < -0.39 is 0 Å². The quantitative estimate of drug-likeness (QED) is 0.800. The number of likely N-dealkylation sites (tertiary alicyclic amines) is 1. The molecular formula is C20H27Cl2N3O3. The van der Waals surface area contributed by atoms with Gasteiger partial charge in [0.15, 0.2) is 0 Å². The van der Waals surface area contributed by atoms with Crippen molar-refractivity contribution in [3.63, 3.8) is 0 Å². The normalized spacial score (nSPS) is 20.8. The largest absolute Gasteiger partial charge is 0.377 e. The standard InChI is InChI=1S/C20H27Cl2N3O3/c1-20(2)13-28-8-7-25(20)18(26)12-24-5-3-14(4-6-24)19(27)23-17-10-15(21)9-16(22)11-17/h9-11,14H,3-8,12-13H2,1-2H3,(H,23,27). The molecule has 6 nitrogen and oxygen atoms in total. The van der Waals surface area contributed by atoms with Gasteiger partial charge in [0.05, 0.1) is 25.3 Å². The predicted molar refractivity (Wildman–Crippen MR) is 111 cm³/mol. The van der Waals surface area contributed by atoms with Crippen LogP contribution in [0.25, 0.3) is 0 Å². The minimum absolute atomic E-state index is 0.0291. The van der Waals surface area contributed by atoms with E-state index in [2.05, 4.69) is 10.2 Å². The second-order valence-corrected chi connectivity index (χ2v) is 8.98. The first-order chi connectivity index (χ1) is 13.2. The van der Waals surface area contributed by atoms with Crippen LogP contribution in [0.3, 0.4) is 0 Å². The van der Waals surface area contributed by atoms with E-state index in [4.69, 9.17) is 27.9 Å². The van der Waals surface area contributed by atoms with Gasteiger partial charge in [0.1, 0.15) is 0 Å². The van der Waals surface area contributed by atoms with Crippen LogP contribution in [-0.2, 0) is 14.3 Å². The SMILES string of the molecule is CC1(C)COCCN1C(=O)CN1CCC(C(=O)Nc2cc(Cl)cc(Cl)c2)CC1. The molecule has 1 aromatic rings. The molecule has 0 aliphatic carbocycles. The highest BCUT2D eigenvalue weighted by Gasteiger charge is 2.35. The van der Waals surface area contributed by atoms with Crippen LogP contribution >= 0.6 is 23.2 Å². The fourth-order valence-electron chi connectivity index (χ4n) is 3.82. The van der Waals surface area contributed by atoms with E-state index in [-0.39, 0.29) is 23.3 Å². The van der Waals surface area contributed by atoms with Crippen molar-refractivity contribution in [1.82, 2.24) is 9.80 Å². The van der Waals surface area contributed by atoms with Gasteiger partial charge >= 0.3 is 0 Å². The molecule has 8 heteroatoms. The Morgan fingerprint density at radius 1 is 1.14 bits per heavy atom. The average molecular weight is 428 g/mol. The molecule has 154 valence electrons. The number of ether oxygens (including phenoxy) is 1. The lowest BCUT2D eigenvalue weighted by atomic mass is 9.95. The number of carbonyl (C=O) groups excluding carboxylic acids is 2. The molecule has 0 radical (unpaired) electrons. The molecule has 0 bridgehead atoms. The summed E-state index contributed by atoms with van der Waals surface area (Å²) in [6.07, 6.45) is 1.44. The first-order valence-corrected chi connectivity index (χ1v) is 10.4. The molecule has 2 aliphatic heterocycles. The van der Waals surface area contributed by atoms with Gasteiger partial charge < -0.3 is 15.0 Å². The van der Waals surface area contributed by atoms with Gasteiger partial charge in [0, 0.05) is 28.2 Å². The molecular weight excluding hydrogens is 401 g/mol. The molecule has 3 rings (SSSR count). The zero-order valence-corrected chi connectivity index (χ0v) is 17.9. The van der Waals surface area contributed by atoms with E-state index >= 15 is 0 Å². The minimum Gasteiger partial charge on any atom is -0.377 e. The number of piperidine rings is 1. The molecule has 2 saturated heterocycles. The third-order valence-corrected chi connectivity index (χ3v) is 5.83. The van der Waals surface area contributed by atoms with Crippen LogP contribution in [0.15, 0.2) is 18.2 Å². The lowest BCUT2D eigenvalue weighted by Gasteiger charge is -2.43. The van der Waals surface area contributed by atoms with Crippen LogP contribution < -0.4 is 5.32 Å². The highest BCUT2D eigenvalue weighted by Crippen LogP contribution is 2.25. The summed E-state index contributed by atoms with van der Waals surface area (Å²) in [6.45, 7) is 7.69. The molecule has 0 spiro atoms. The van der Waals surface area contributed by atoms with E-state index in [1.54, 1.807) is 18.2 Å². The highest BCUT2D eigenvalue weighted by atomic mass is 35.5. The first-order valence-electron chi connectivity index (χ1n) is 9.62. The van der Waals surface area contributed by atoms with Crippen LogP contribution in [0.2, 0.25) is 10.0 Å². The van der Waals surface area contributed by atoms with Crippen LogP contribution in [0.1, 0.15) is 26.7 Å². The van der Waals surface area contributed by atoms with E-state index in [9.17, 15) is 9.59 Å². The molecule has 28 heavy (non-hydrogen) atoms. The predicted octanol–water partition coefficient (Wildman–Crippen LogP) is 3.28. The Balaban J connectivity index is 1.48. The van der Waals surface area contributed by atoms with E-state index in [1.165, 1.54) is 0 Å². The maximum absolute atomic E-state index is 12.7. The molecule has 2 heterocycles. The molecule has 2 aliphatic rings. The number of benzene rings is 1. The smallest absolute Gasteiger partial charge is 0.237 e. The number of nitrogens with zero attached hydrogens (tertiary/aromatic N) is 2. The number of hydrogen-bond acceptors (Lipinski definition) is 4. The van der Waals surface area contributed by atoms with Crippen molar-refractivity contribution in [3.05, 3.63) is 28.2 Å². The van der Waals surface area contributed by atoms with Gasteiger partial charge in [-0.2, -0.15) is 0 Å². The lowest BCUT2D eigenvalue weighted by molar-refractivity contribution is -0.147. The maximum Gasteiger partial charge on any atom is 0.237 e. The van der Waals surface area contributed by atoms with Gasteiger partial charge in [0.2, 0.25) is 11.8 Å². The summed E-state index contributed by atoms with van der Waals surface area (Å²) in [4.78, 5) is 29.3. The average Bonchev–Trinajstić information content (AvgIpc) is 2.60. The molecule has 1 N–H and O–H groups in total. The summed E-state index contributed by atoms with van der Waals surface area (Å²) in [7, 11) is 0. The number of nitrogens with one attached hydrogen (secondary N) is 1. The van der Waals surface area contributed by atoms with Gasteiger partial charge in [-0.3, -0.25) is 14.5 Å². The zero-order valence-electron chi connectivity index (χ0n) is 16.3. The molecule has 2 amide bonds. The van der Waals surface area contributed by atoms with Gasteiger partial charge in [-0.05, 0) is 58.0 Å². The topological polar surface area (TPSA) is 61.9 Å². The van der Waals surface area contributed by atoms with Crippen molar-refractivity contribution in [3.8, 4) is 0 Å². The van der Waals surface area contributed by atoms with Gasteiger partial charge in [-0.25, -0.2) is 0 Å². The number of morpholine rings is 1. The van der Waals surface area contributed by atoms with Crippen LogP contribution in [0, 0.1) is 5.92 Å². The second kappa shape index (κ2) is 8.99. The summed E-state index contributed by atoms with van der Waals surface area (Å²) in [5.74, 6) is 0.0207. The second-order valence-electron chi connectivity index (χ2n) is 8.11. The fraction of sp³-hybridized carbons (Fsp3) is 0.600. The Labute approximate surface area is 176 Å². The highest BCUT2D eigenvalue weighted by molar-refractivity contribution is 6.35. The molecule has 0 unspecified atom stereocenters. The van der Waals surface area contributed by atoms with Crippen LogP contribution in [0.5, 0.6) is 0 Å². The number of halogens is 2. The van der Waals surface area contributed by atoms with E-state index in [0.29, 0.717) is 42.0 Å². The van der Waals surface area contributed by atoms with E-state index in [1.807, 2.05) is 18.7 Å².